The van der Waals surface area contributed by atoms with E-state index in [0.717, 1.165) is 18.5 Å². The van der Waals surface area contributed by atoms with E-state index in [2.05, 4.69) is 6.92 Å². The summed E-state index contributed by atoms with van der Waals surface area (Å²) in [4.78, 5) is 0. The fraction of sp³-hybridized carbons (Fsp3) is 1.00. The van der Waals surface area contributed by atoms with E-state index in [0.29, 0.717) is 6.54 Å². The molecule has 0 fully saturated rings. The molecule has 0 spiro atoms. The number of nitrogens with two attached hydrogens (primary N) is 2. The molecule has 0 aromatic heterocycles. The van der Waals surface area contributed by atoms with Gasteiger partial charge in [-0.3, -0.25) is 0 Å². The van der Waals surface area contributed by atoms with Crippen molar-refractivity contribution in [1.82, 2.24) is 0 Å². The van der Waals surface area contributed by atoms with Gasteiger partial charge in [0, 0.05) is 26.8 Å². The van der Waals surface area contributed by atoms with E-state index >= 15 is 0 Å². The van der Waals surface area contributed by atoms with Gasteiger partial charge in [-0.25, -0.2) is 0 Å². The predicted molar refractivity (Wildman–Crippen MR) is 56.7 cm³/mol. The van der Waals surface area contributed by atoms with Gasteiger partial charge in [0.05, 0.1) is 0 Å². The highest BCUT2D eigenvalue weighted by Crippen LogP contribution is 2.19. The van der Waals surface area contributed by atoms with Gasteiger partial charge in [-0.1, -0.05) is 6.92 Å². The Morgan fingerprint density at radius 1 is 1.31 bits per heavy atom. The summed E-state index contributed by atoms with van der Waals surface area (Å²) in [5.74, 6) is 0. The molecule has 80 valence electrons. The van der Waals surface area contributed by atoms with Crippen LogP contribution in [0.2, 0.25) is 12.1 Å². The first-order valence-corrected chi connectivity index (χ1v) is 6.93. The molecule has 0 aliphatic rings. The van der Waals surface area contributed by atoms with Crippen LogP contribution < -0.4 is 11.5 Å². The van der Waals surface area contributed by atoms with E-state index in [9.17, 15) is 0 Å². The molecule has 4 nitrogen and oxygen atoms in total. The molecule has 4 N–H and O–H groups in total. The highest BCUT2D eigenvalue weighted by molar-refractivity contribution is 6.67. The molecule has 0 amide bonds. The fourth-order valence-electron chi connectivity index (χ4n) is 1.28. The monoisotopic (exact) mass is 206 g/mol. The van der Waals surface area contributed by atoms with Gasteiger partial charge in [-0.15, -0.1) is 0 Å². The topological polar surface area (TPSA) is 70.5 Å². The van der Waals surface area contributed by atoms with Gasteiger partial charge in [0.1, 0.15) is 0 Å². The second-order valence-electron chi connectivity index (χ2n) is 3.21. The molecule has 0 rings (SSSR count). The molecule has 0 heterocycles. The van der Waals surface area contributed by atoms with E-state index in [1.807, 2.05) is 0 Å². The van der Waals surface area contributed by atoms with E-state index in [1.165, 1.54) is 0 Å². The third kappa shape index (κ3) is 4.19. The minimum atomic E-state index is -1.93. The van der Waals surface area contributed by atoms with Crippen molar-refractivity contribution in [3.05, 3.63) is 0 Å². The maximum atomic E-state index is 5.73. The maximum absolute atomic E-state index is 5.73. The van der Waals surface area contributed by atoms with Crippen LogP contribution in [0.15, 0.2) is 0 Å². The third-order valence-corrected chi connectivity index (χ3v) is 6.10. The van der Waals surface area contributed by atoms with Crippen molar-refractivity contribution in [2.24, 2.45) is 11.5 Å². The van der Waals surface area contributed by atoms with Crippen molar-refractivity contribution in [2.75, 3.05) is 20.8 Å². The molecule has 0 saturated carbocycles. The van der Waals surface area contributed by atoms with Gasteiger partial charge in [-0.05, 0) is 18.5 Å². The lowest BCUT2D eigenvalue weighted by Gasteiger charge is -2.26. The van der Waals surface area contributed by atoms with Crippen molar-refractivity contribution >= 4 is 8.56 Å². The Kier molecular flexibility index (Phi) is 6.53. The van der Waals surface area contributed by atoms with Gasteiger partial charge in [0.2, 0.25) is 0 Å². The molecule has 1 atom stereocenters. The molecule has 0 aliphatic carbocycles. The van der Waals surface area contributed by atoms with Crippen LogP contribution in [-0.2, 0) is 8.85 Å². The minimum Gasteiger partial charge on any atom is -0.398 e. The largest absolute Gasteiger partial charge is 0.398 e. The van der Waals surface area contributed by atoms with E-state index in [-0.39, 0.29) is 6.04 Å². The first kappa shape index (κ1) is 13.1. The Morgan fingerprint density at radius 2 is 1.85 bits per heavy atom. The number of hydrogen-bond donors (Lipinski definition) is 2. The lowest BCUT2D eigenvalue weighted by molar-refractivity contribution is 0.241. The van der Waals surface area contributed by atoms with Crippen LogP contribution in [0.3, 0.4) is 0 Å². The first-order chi connectivity index (χ1) is 6.14. The smallest absolute Gasteiger partial charge is 0.337 e. The zero-order valence-electron chi connectivity index (χ0n) is 8.88. The summed E-state index contributed by atoms with van der Waals surface area (Å²) in [5, 5.41) is 0. The second kappa shape index (κ2) is 6.50. The number of hydrogen-bond acceptors (Lipinski definition) is 4. The van der Waals surface area contributed by atoms with Crippen molar-refractivity contribution in [3.63, 3.8) is 0 Å². The Balaban J connectivity index is 3.95. The Labute approximate surface area is 81.8 Å². The Hall–Kier alpha value is 0.0569. The zero-order valence-corrected chi connectivity index (χ0v) is 9.88. The van der Waals surface area contributed by atoms with Crippen LogP contribution in [0, 0.1) is 0 Å². The predicted octanol–water partition coefficient (Wildman–Crippen LogP) is 0.417. The summed E-state index contributed by atoms with van der Waals surface area (Å²) in [5.41, 5.74) is 11.2. The lowest BCUT2D eigenvalue weighted by atomic mass is 10.2. The van der Waals surface area contributed by atoms with Crippen molar-refractivity contribution in [1.29, 1.82) is 0 Å². The fourth-order valence-corrected chi connectivity index (χ4v) is 3.59. The van der Waals surface area contributed by atoms with Crippen LogP contribution in [-0.4, -0.2) is 35.4 Å². The molecular weight excluding hydrogens is 184 g/mol. The van der Waals surface area contributed by atoms with Crippen LogP contribution >= 0.6 is 0 Å². The van der Waals surface area contributed by atoms with Gasteiger partial charge < -0.3 is 20.3 Å². The maximum Gasteiger partial charge on any atom is 0.337 e. The molecular formula is C8H22N2O2Si. The van der Waals surface area contributed by atoms with E-state index < -0.39 is 8.56 Å². The van der Waals surface area contributed by atoms with Crippen molar-refractivity contribution in [2.45, 2.75) is 31.5 Å². The summed E-state index contributed by atoms with van der Waals surface area (Å²) in [6, 6.07) is 1.95. The van der Waals surface area contributed by atoms with Crippen molar-refractivity contribution in [3.8, 4) is 0 Å². The molecule has 0 saturated heterocycles. The molecule has 0 bridgehead atoms. The van der Waals surface area contributed by atoms with Crippen LogP contribution in [0.1, 0.15) is 13.3 Å². The molecule has 0 aromatic carbocycles. The summed E-state index contributed by atoms with van der Waals surface area (Å²) in [6.07, 6.45) is 0.887. The second-order valence-corrected chi connectivity index (χ2v) is 7.05. The normalized spacial score (nSPS) is 14.5. The SMILES string of the molecule is CC[Si](CCC(N)CN)(OC)OC. The van der Waals surface area contributed by atoms with Crippen LogP contribution in [0.25, 0.3) is 0 Å². The third-order valence-electron chi connectivity index (χ3n) is 2.48. The van der Waals surface area contributed by atoms with Crippen LogP contribution in [0.4, 0.5) is 0 Å². The van der Waals surface area contributed by atoms with Gasteiger partial charge in [0.25, 0.3) is 0 Å². The number of rotatable bonds is 7. The summed E-state index contributed by atoms with van der Waals surface area (Å²) in [6.45, 7) is 2.62. The van der Waals surface area contributed by atoms with Crippen LogP contribution in [0.5, 0.6) is 0 Å². The molecule has 5 heteroatoms. The van der Waals surface area contributed by atoms with Crippen molar-refractivity contribution < 1.29 is 8.85 Å². The highest BCUT2D eigenvalue weighted by atomic mass is 28.4. The van der Waals surface area contributed by atoms with Gasteiger partial charge in [-0.2, -0.15) is 0 Å². The molecule has 0 aliphatic heterocycles. The summed E-state index contributed by atoms with van der Waals surface area (Å²) >= 11 is 0. The van der Waals surface area contributed by atoms with Gasteiger partial charge in [0.15, 0.2) is 0 Å². The minimum absolute atomic E-state index is 0.0729. The molecule has 0 aromatic rings. The van der Waals surface area contributed by atoms with Gasteiger partial charge >= 0.3 is 8.56 Å². The molecule has 1 unspecified atom stereocenters. The first-order valence-electron chi connectivity index (χ1n) is 4.70. The molecule has 13 heavy (non-hydrogen) atoms. The Bertz CT molecular complexity index is 123. The quantitative estimate of drug-likeness (QED) is 0.592. The molecule has 0 radical (unpaired) electrons. The average molecular weight is 206 g/mol. The zero-order chi connectivity index (χ0) is 10.3. The standard InChI is InChI=1S/C8H22N2O2Si/c1-4-13(11-2,12-3)6-5-8(10)7-9/h8H,4-7,9-10H2,1-3H3. The lowest BCUT2D eigenvalue weighted by Crippen LogP contribution is -2.41. The van der Waals surface area contributed by atoms with E-state index in [4.69, 9.17) is 20.3 Å². The Morgan fingerprint density at radius 3 is 2.15 bits per heavy atom. The average Bonchev–Trinajstić information content (AvgIpc) is 2.20. The highest BCUT2D eigenvalue weighted by Gasteiger charge is 2.32. The van der Waals surface area contributed by atoms with E-state index in [1.54, 1.807) is 14.2 Å². The summed E-state index contributed by atoms with van der Waals surface area (Å²) in [7, 11) is 1.50. The summed E-state index contributed by atoms with van der Waals surface area (Å²) < 4.78 is 10.9.